The summed E-state index contributed by atoms with van der Waals surface area (Å²) < 4.78 is 0. The summed E-state index contributed by atoms with van der Waals surface area (Å²) in [4.78, 5) is 10.9. The molecule has 1 heterocycles. The number of carboxylic acid groups (broad SMARTS) is 1. The van der Waals surface area contributed by atoms with E-state index in [1.807, 2.05) is 0 Å². The molecular weight excluding hydrogens is 166 g/mol. The van der Waals surface area contributed by atoms with Crippen LogP contribution < -0.4 is 5.32 Å². The van der Waals surface area contributed by atoms with Gasteiger partial charge in [-0.2, -0.15) is 0 Å². The first-order valence-corrected chi connectivity index (χ1v) is 5.01. The van der Waals surface area contributed by atoms with Gasteiger partial charge in [0.05, 0.1) is 5.92 Å². The molecule has 76 valence electrons. The Morgan fingerprint density at radius 2 is 2.08 bits per heavy atom. The lowest BCUT2D eigenvalue weighted by Crippen LogP contribution is -2.51. The van der Waals surface area contributed by atoms with Gasteiger partial charge in [-0.1, -0.05) is 13.8 Å². The molecule has 0 bridgehead atoms. The van der Waals surface area contributed by atoms with Gasteiger partial charge in [-0.3, -0.25) is 4.79 Å². The molecule has 0 radical (unpaired) electrons. The molecule has 0 unspecified atom stereocenters. The first kappa shape index (κ1) is 10.5. The zero-order valence-electron chi connectivity index (χ0n) is 8.58. The number of piperidine rings is 1. The van der Waals surface area contributed by atoms with Gasteiger partial charge >= 0.3 is 5.97 Å². The second-order valence-corrected chi connectivity index (χ2v) is 4.36. The molecule has 0 aliphatic carbocycles. The molecule has 0 aromatic carbocycles. The number of carbonyl (C=O) groups is 1. The van der Waals surface area contributed by atoms with Crippen LogP contribution in [0.5, 0.6) is 0 Å². The maximum atomic E-state index is 10.9. The second-order valence-electron chi connectivity index (χ2n) is 4.36. The maximum Gasteiger partial charge on any atom is 0.308 e. The van der Waals surface area contributed by atoms with Crippen LogP contribution in [0.25, 0.3) is 0 Å². The molecule has 3 nitrogen and oxygen atoms in total. The SMILES string of the molecule is CC(C)[C@H]1N[C@H](C)CC[C@@H]1C(=O)O. The molecule has 13 heavy (non-hydrogen) atoms. The average Bonchev–Trinajstić information content (AvgIpc) is 2.03. The highest BCUT2D eigenvalue weighted by molar-refractivity contribution is 5.71. The summed E-state index contributed by atoms with van der Waals surface area (Å²) in [6.45, 7) is 6.27. The fourth-order valence-corrected chi connectivity index (χ4v) is 2.07. The van der Waals surface area contributed by atoms with Crippen molar-refractivity contribution in [3.8, 4) is 0 Å². The van der Waals surface area contributed by atoms with Crippen LogP contribution in [0.1, 0.15) is 33.6 Å². The minimum atomic E-state index is -0.655. The Kier molecular flexibility index (Phi) is 3.31. The molecule has 1 saturated heterocycles. The minimum absolute atomic E-state index is 0.140. The molecule has 3 atom stereocenters. The average molecular weight is 185 g/mol. The number of hydrogen-bond donors (Lipinski definition) is 2. The summed E-state index contributed by atoms with van der Waals surface area (Å²) in [5, 5.41) is 12.4. The zero-order valence-corrected chi connectivity index (χ0v) is 8.58. The monoisotopic (exact) mass is 185 g/mol. The number of rotatable bonds is 2. The van der Waals surface area contributed by atoms with Gasteiger partial charge in [-0.15, -0.1) is 0 Å². The highest BCUT2D eigenvalue weighted by Crippen LogP contribution is 2.24. The van der Waals surface area contributed by atoms with Crippen molar-refractivity contribution in [3.63, 3.8) is 0 Å². The first-order valence-electron chi connectivity index (χ1n) is 5.01. The molecule has 0 saturated carbocycles. The van der Waals surface area contributed by atoms with Gasteiger partial charge < -0.3 is 10.4 Å². The second kappa shape index (κ2) is 4.09. The van der Waals surface area contributed by atoms with Gasteiger partial charge in [0, 0.05) is 12.1 Å². The molecule has 1 fully saturated rings. The van der Waals surface area contributed by atoms with Crippen molar-refractivity contribution >= 4 is 5.97 Å². The van der Waals surface area contributed by atoms with Crippen LogP contribution in [0, 0.1) is 11.8 Å². The predicted molar refractivity (Wildman–Crippen MR) is 51.6 cm³/mol. The van der Waals surface area contributed by atoms with Crippen molar-refractivity contribution < 1.29 is 9.90 Å². The van der Waals surface area contributed by atoms with Gasteiger partial charge in [0.15, 0.2) is 0 Å². The van der Waals surface area contributed by atoms with Gasteiger partial charge in [-0.25, -0.2) is 0 Å². The van der Waals surface area contributed by atoms with E-state index in [1.54, 1.807) is 0 Å². The van der Waals surface area contributed by atoms with Crippen molar-refractivity contribution in [2.45, 2.75) is 45.7 Å². The van der Waals surface area contributed by atoms with Crippen LogP contribution in [-0.4, -0.2) is 23.2 Å². The summed E-state index contributed by atoms with van der Waals surface area (Å²) in [5.74, 6) is -0.460. The summed E-state index contributed by atoms with van der Waals surface area (Å²) in [6, 6.07) is 0.601. The Balaban J connectivity index is 2.66. The Bertz CT molecular complexity index is 191. The first-order chi connectivity index (χ1) is 6.02. The molecule has 1 aliphatic heterocycles. The van der Waals surface area contributed by atoms with E-state index in [2.05, 4.69) is 26.1 Å². The predicted octanol–water partition coefficient (Wildman–Crippen LogP) is 1.48. The molecule has 0 aromatic rings. The van der Waals surface area contributed by atoms with E-state index in [9.17, 15) is 4.79 Å². The van der Waals surface area contributed by atoms with E-state index < -0.39 is 5.97 Å². The Morgan fingerprint density at radius 3 is 2.54 bits per heavy atom. The maximum absolute atomic E-state index is 10.9. The largest absolute Gasteiger partial charge is 0.481 e. The van der Waals surface area contributed by atoms with E-state index in [1.165, 1.54) is 0 Å². The smallest absolute Gasteiger partial charge is 0.308 e. The molecular formula is C10H19NO2. The van der Waals surface area contributed by atoms with Crippen LogP contribution in [0.2, 0.25) is 0 Å². The summed E-state index contributed by atoms with van der Waals surface area (Å²) in [5.41, 5.74) is 0. The fraction of sp³-hybridized carbons (Fsp3) is 0.900. The quantitative estimate of drug-likeness (QED) is 0.685. The molecule has 0 amide bonds. The third-order valence-electron chi connectivity index (χ3n) is 2.86. The summed E-state index contributed by atoms with van der Waals surface area (Å²) >= 11 is 0. The molecule has 3 heteroatoms. The third kappa shape index (κ3) is 2.44. The van der Waals surface area contributed by atoms with Gasteiger partial charge in [-0.05, 0) is 25.7 Å². The lowest BCUT2D eigenvalue weighted by atomic mass is 9.82. The van der Waals surface area contributed by atoms with Gasteiger partial charge in [0.25, 0.3) is 0 Å². The Labute approximate surface area is 79.5 Å². The van der Waals surface area contributed by atoms with Crippen molar-refractivity contribution in [2.24, 2.45) is 11.8 Å². The highest BCUT2D eigenvalue weighted by Gasteiger charge is 2.34. The van der Waals surface area contributed by atoms with Crippen molar-refractivity contribution in [1.82, 2.24) is 5.32 Å². The van der Waals surface area contributed by atoms with E-state index in [0.29, 0.717) is 12.0 Å². The van der Waals surface area contributed by atoms with Crippen LogP contribution in [0.3, 0.4) is 0 Å². The zero-order chi connectivity index (χ0) is 10.0. The van der Waals surface area contributed by atoms with Crippen molar-refractivity contribution in [3.05, 3.63) is 0 Å². The molecule has 0 spiro atoms. The summed E-state index contributed by atoms with van der Waals surface area (Å²) in [6.07, 6.45) is 1.78. The van der Waals surface area contributed by atoms with Crippen LogP contribution >= 0.6 is 0 Å². The van der Waals surface area contributed by atoms with E-state index >= 15 is 0 Å². The van der Waals surface area contributed by atoms with Crippen molar-refractivity contribution in [1.29, 1.82) is 0 Å². The van der Waals surface area contributed by atoms with E-state index in [4.69, 9.17) is 5.11 Å². The highest BCUT2D eigenvalue weighted by atomic mass is 16.4. The van der Waals surface area contributed by atoms with Crippen LogP contribution in [-0.2, 0) is 4.79 Å². The Morgan fingerprint density at radius 1 is 1.46 bits per heavy atom. The van der Waals surface area contributed by atoms with Crippen molar-refractivity contribution in [2.75, 3.05) is 0 Å². The number of nitrogens with one attached hydrogen (secondary N) is 1. The lowest BCUT2D eigenvalue weighted by molar-refractivity contribution is -0.144. The fourth-order valence-electron chi connectivity index (χ4n) is 2.07. The van der Waals surface area contributed by atoms with Crippen LogP contribution in [0.15, 0.2) is 0 Å². The molecule has 1 aliphatic rings. The van der Waals surface area contributed by atoms with Gasteiger partial charge in [0.2, 0.25) is 0 Å². The minimum Gasteiger partial charge on any atom is -0.481 e. The number of aliphatic carboxylic acids is 1. The topological polar surface area (TPSA) is 49.3 Å². The normalized spacial score (nSPS) is 34.9. The molecule has 1 rings (SSSR count). The third-order valence-corrected chi connectivity index (χ3v) is 2.86. The Hall–Kier alpha value is -0.570. The van der Waals surface area contributed by atoms with Gasteiger partial charge in [0.1, 0.15) is 0 Å². The standard InChI is InChI=1S/C10H19NO2/c1-6(2)9-8(10(12)13)5-4-7(3)11-9/h6-9,11H,4-5H2,1-3H3,(H,12,13)/t7-,8+,9-/m1/s1. The van der Waals surface area contributed by atoms with E-state index in [-0.39, 0.29) is 12.0 Å². The molecule has 2 N–H and O–H groups in total. The number of hydrogen-bond acceptors (Lipinski definition) is 2. The summed E-state index contributed by atoms with van der Waals surface area (Å²) in [7, 11) is 0. The lowest BCUT2D eigenvalue weighted by Gasteiger charge is -2.36. The van der Waals surface area contributed by atoms with E-state index in [0.717, 1.165) is 12.8 Å². The molecule has 0 aromatic heterocycles. The van der Waals surface area contributed by atoms with Crippen LogP contribution in [0.4, 0.5) is 0 Å². The number of carboxylic acids is 1.